The molecule has 0 bridgehead atoms. The Bertz CT molecular complexity index is 369. The summed E-state index contributed by atoms with van der Waals surface area (Å²) in [5.41, 5.74) is 1.40. The number of hydrogen-bond donors (Lipinski definition) is 0. The average molecular weight is 206 g/mol. The van der Waals surface area contributed by atoms with E-state index in [9.17, 15) is 4.79 Å². The van der Waals surface area contributed by atoms with Crippen LogP contribution in [0.4, 0.5) is 0 Å². The molecule has 0 N–H and O–H groups in total. The van der Waals surface area contributed by atoms with E-state index in [2.05, 4.69) is 6.58 Å². The van der Waals surface area contributed by atoms with Crippen LogP contribution in [0.3, 0.4) is 0 Å². The van der Waals surface area contributed by atoms with Gasteiger partial charge in [-0.05, 0) is 19.1 Å². The number of hydrogen-bond acceptors (Lipinski definition) is 3. The third-order valence-electron chi connectivity index (χ3n) is 2.10. The van der Waals surface area contributed by atoms with Gasteiger partial charge in [-0.3, -0.25) is 4.79 Å². The Labute approximate surface area is 89.3 Å². The number of ether oxygens (including phenoxy) is 2. The Morgan fingerprint density at radius 1 is 1.47 bits per heavy atom. The zero-order chi connectivity index (χ0) is 11.3. The maximum absolute atomic E-state index is 10.7. The minimum absolute atomic E-state index is 0.413. The van der Waals surface area contributed by atoms with Gasteiger partial charge in [-0.2, -0.15) is 0 Å². The molecule has 1 rings (SSSR count). The summed E-state index contributed by atoms with van der Waals surface area (Å²) in [6, 6.07) is 3.43. The van der Waals surface area contributed by atoms with Gasteiger partial charge in [0, 0.05) is 11.1 Å². The zero-order valence-corrected chi connectivity index (χ0v) is 8.95. The normalized spacial score (nSPS) is 9.47. The van der Waals surface area contributed by atoms with Crippen molar-refractivity contribution < 1.29 is 14.3 Å². The van der Waals surface area contributed by atoms with E-state index in [1.807, 2.05) is 6.92 Å². The number of rotatable bonds is 5. The van der Waals surface area contributed by atoms with E-state index in [1.165, 1.54) is 0 Å². The number of methoxy groups -OCH3 is 1. The molecule has 0 aliphatic rings. The molecule has 0 amide bonds. The van der Waals surface area contributed by atoms with E-state index >= 15 is 0 Å². The molecule has 0 spiro atoms. The van der Waals surface area contributed by atoms with Crippen LogP contribution < -0.4 is 9.47 Å². The highest BCUT2D eigenvalue weighted by atomic mass is 16.5. The second-order valence-electron chi connectivity index (χ2n) is 3.03. The summed E-state index contributed by atoms with van der Waals surface area (Å²) in [6.45, 7) is 5.80. The molecule has 3 nitrogen and oxygen atoms in total. The Morgan fingerprint density at radius 3 is 2.73 bits per heavy atom. The minimum Gasteiger partial charge on any atom is -0.493 e. The lowest BCUT2D eigenvalue weighted by Gasteiger charge is -2.12. The van der Waals surface area contributed by atoms with Crippen molar-refractivity contribution in [1.82, 2.24) is 0 Å². The first-order valence-corrected chi connectivity index (χ1v) is 4.61. The summed E-state index contributed by atoms with van der Waals surface area (Å²) < 4.78 is 10.6. The van der Waals surface area contributed by atoms with Crippen molar-refractivity contribution in [2.75, 3.05) is 13.7 Å². The van der Waals surface area contributed by atoms with Crippen molar-refractivity contribution in [2.24, 2.45) is 0 Å². The number of carbonyl (C=O) groups is 1. The lowest BCUT2D eigenvalue weighted by atomic mass is 10.1. The maximum Gasteiger partial charge on any atom is 0.164 e. The molecular weight excluding hydrogens is 192 g/mol. The number of carbonyl (C=O) groups excluding carboxylic acids is 1. The minimum atomic E-state index is 0.413. The molecule has 0 saturated heterocycles. The smallest absolute Gasteiger partial charge is 0.164 e. The average Bonchev–Trinajstić information content (AvgIpc) is 2.26. The molecule has 1 aromatic rings. The van der Waals surface area contributed by atoms with Crippen molar-refractivity contribution in [3.8, 4) is 11.5 Å². The van der Waals surface area contributed by atoms with Crippen molar-refractivity contribution in [3.05, 3.63) is 35.9 Å². The van der Waals surface area contributed by atoms with Crippen LogP contribution in [-0.2, 0) is 0 Å². The molecule has 80 valence electrons. The highest BCUT2D eigenvalue weighted by molar-refractivity contribution is 5.79. The number of benzene rings is 1. The van der Waals surface area contributed by atoms with Crippen molar-refractivity contribution in [1.29, 1.82) is 0 Å². The van der Waals surface area contributed by atoms with E-state index in [0.717, 1.165) is 11.8 Å². The van der Waals surface area contributed by atoms with Gasteiger partial charge in [-0.1, -0.05) is 12.7 Å². The molecule has 0 radical (unpaired) electrons. The predicted octanol–water partition coefficient (Wildman–Crippen LogP) is 2.38. The summed E-state index contributed by atoms with van der Waals surface area (Å²) in [7, 11) is 1.55. The molecule has 0 aromatic heterocycles. The van der Waals surface area contributed by atoms with Gasteiger partial charge in [-0.15, -0.1) is 0 Å². The summed E-state index contributed by atoms with van der Waals surface area (Å²) in [4.78, 5) is 10.7. The fraction of sp³-hybridized carbons (Fsp3) is 0.250. The van der Waals surface area contributed by atoms with Gasteiger partial charge in [0.25, 0.3) is 0 Å². The van der Waals surface area contributed by atoms with Crippen molar-refractivity contribution in [3.63, 3.8) is 0 Å². The van der Waals surface area contributed by atoms with E-state index in [0.29, 0.717) is 23.7 Å². The van der Waals surface area contributed by atoms with E-state index in [1.54, 1.807) is 25.3 Å². The molecule has 0 atom stereocenters. The predicted molar refractivity (Wildman–Crippen MR) is 58.8 cm³/mol. The van der Waals surface area contributed by atoms with Crippen LogP contribution in [-0.4, -0.2) is 20.0 Å². The van der Waals surface area contributed by atoms with Gasteiger partial charge in [0.1, 0.15) is 12.9 Å². The SMILES string of the molecule is C=CCOc1ccc(C=O)c(C)c1OC. The Balaban J connectivity index is 3.11. The molecule has 0 saturated carbocycles. The lowest BCUT2D eigenvalue weighted by Crippen LogP contribution is -1.99. The Hall–Kier alpha value is -1.77. The topological polar surface area (TPSA) is 35.5 Å². The van der Waals surface area contributed by atoms with Crippen LogP contribution in [0, 0.1) is 6.92 Å². The first-order valence-electron chi connectivity index (χ1n) is 4.61. The van der Waals surface area contributed by atoms with Crippen molar-refractivity contribution in [2.45, 2.75) is 6.92 Å². The molecule has 3 heteroatoms. The van der Waals surface area contributed by atoms with Crippen LogP contribution >= 0.6 is 0 Å². The van der Waals surface area contributed by atoms with E-state index in [4.69, 9.17) is 9.47 Å². The molecule has 0 unspecified atom stereocenters. The van der Waals surface area contributed by atoms with Gasteiger partial charge < -0.3 is 9.47 Å². The molecule has 0 fully saturated rings. The fourth-order valence-corrected chi connectivity index (χ4v) is 1.33. The third kappa shape index (κ3) is 2.37. The molecule has 0 aliphatic heterocycles. The summed E-state index contributed by atoms with van der Waals surface area (Å²) in [5.74, 6) is 1.22. The van der Waals surface area contributed by atoms with Crippen LogP contribution in [0.2, 0.25) is 0 Å². The third-order valence-corrected chi connectivity index (χ3v) is 2.10. The highest BCUT2D eigenvalue weighted by Crippen LogP contribution is 2.32. The number of aldehydes is 1. The maximum atomic E-state index is 10.7. The molecule has 1 aromatic carbocycles. The van der Waals surface area contributed by atoms with Crippen LogP contribution in [0.15, 0.2) is 24.8 Å². The largest absolute Gasteiger partial charge is 0.493 e. The monoisotopic (exact) mass is 206 g/mol. The zero-order valence-electron chi connectivity index (χ0n) is 8.95. The van der Waals surface area contributed by atoms with Gasteiger partial charge in [0.05, 0.1) is 7.11 Å². The summed E-state index contributed by atoms with van der Waals surface area (Å²) >= 11 is 0. The van der Waals surface area contributed by atoms with E-state index < -0.39 is 0 Å². The molecule has 0 heterocycles. The highest BCUT2D eigenvalue weighted by Gasteiger charge is 2.10. The van der Waals surface area contributed by atoms with Gasteiger partial charge >= 0.3 is 0 Å². The first kappa shape index (κ1) is 11.3. The molecule has 15 heavy (non-hydrogen) atoms. The molecule has 0 aliphatic carbocycles. The standard InChI is InChI=1S/C12H14O3/c1-4-7-15-11-6-5-10(8-13)9(2)12(11)14-3/h4-6,8H,1,7H2,2-3H3. The summed E-state index contributed by atoms with van der Waals surface area (Å²) in [6.07, 6.45) is 2.46. The van der Waals surface area contributed by atoms with Crippen molar-refractivity contribution >= 4 is 6.29 Å². The Morgan fingerprint density at radius 2 is 2.20 bits per heavy atom. The van der Waals surface area contributed by atoms with Gasteiger partial charge in [0.15, 0.2) is 11.5 Å². The second kappa shape index (κ2) is 5.20. The van der Waals surface area contributed by atoms with Gasteiger partial charge in [-0.25, -0.2) is 0 Å². The lowest BCUT2D eigenvalue weighted by molar-refractivity contribution is 0.112. The van der Waals surface area contributed by atoms with Crippen LogP contribution in [0.1, 0.15) is 15.9 Å². The fourth-order valence-electron chi connectivity index (χ4n) is 1.33. The summed E-state index contributed by atoms with van der Waals surface area (Å²) in [5, 5.41) is 0. The van der Waals surface area contributed by atoms with Crippen LogP contribution in [0.25, 0.3) is 0 Å². The quantitative estimate of drug-likeness (QED) is 0.548. The van der Waals surface area contributed by atoms with E-state index in [-0.39, 0.29) is 0 Å². The first-order chi connectivity index (χ1) is 7.24. The molecular formula is C12H14O3. The Kier molecular flexibility index (Phi) is 3.92. The second-order valence-corrected chi connectivity index (χ2v) is 3.03. The van der Waals surface area contributed by atoms with Gasteiger partial charge in [0.2, 0.25) is 0 Å². The van der Waals surface area contributed by atoms with Crippen LogP contribution in [0.5, 0.6) is 11.5 Å².